The third-order valence-corrected chi connectivity index (χ3v) is 6.27. The number of piperazine rings is 1. The number of carbonyl (C=O) groups is 1. The van der Waals surface area contributed by atoms with Gasteiger partial charge in [0.15, 0.2) is 0 Å². The third kappa shape index (κ3) is 6.01. The van der Waals surface area contributed by atoms with Gasteiger partial charge in [0, 0.05) is 58.4 Å². The summed E-state index contributed by atoms with van der Waals surface area (Å²) in [5.74, 6) is 0.879. The summed E-state index contributed by atoms with van der Waals surface area (Å²) in [5.41, 5.74) is 1.29. The highest BCUT2D eigenvalue weighted by molar-refractivity contribution is 5.94. The number of carbonyl (C=O) groups excluding carboxylic acids is 1. The SMILES string of the molecule is COc1cc(CN2CCOC(CN3CCN(C(=O)c4ccccc4F)CC3)C2)cc(OC)c1. The van der Waals surface area contributed by atoms with Crippen LogP contribution in [0.3, 0.4) is 0 Å². The standard InChI is InChI=1S/C25H32FN3O4/c1-31-20-13-19(14-21(15-20)32-2)16-28-11-12-33-22(18-28)17-27-7-9-29(10-8-27)25(30)23-5-3-4-6-24(23)26/h3-6,13-15,22H,7-12,16-18H2,1-2H3. The fourth-order valence-corrected chi connectivity index (χ4v) is 4.48. The Labute approximate surface area is 194 Å². The number of ether oxygens (including phenoxy) is 3. The number of benzene rings is 2. The molecule has 8 heteroatoms. The summed E-state index contributed by atoms with van der Waals surface area (Å²) in [6, 6.07) is 12.1. The van der Waals surface area contributed by atoms with Gasteiger partial charge in [0.25, 0.3) is 5.91 Å². The van der Waals surface area contributed by atoms with Gasteiger partial charge in [-0.1, -0.05) is 12.1 Å². The Kier molecular flexibility index (Phi) is 7.80. The molecule has 178 valence electrons. The fraction of sp³-hybridized carbons (Fsp3) is 0.480. The summed E-state index contributed by atoms with van der Waals surface area (Å²) in [7, 11) is 3.32. The molecule has 0 radical (unpaired) electrons. The molecule has 0 saturated carbocycles. The van der Waals surface area contributed by atoms with Crippen LogP contribution in [0.25, 0.3) is 0 Å². The van der Waals surface area contributed by atoms with Gasteiger partial charge in [0.2, 0.25) is 0 Å². The number of hydrogen-bond donors (Lipinski definition) is 0. The smallest absolute Gasteiger partial charge is 0.256 e. The Hall–Kier alpha value is -2.68. The van der Waals surface area contributed by atoms with Crippen molar-refractivity contribution in [3.63, 3.8) is 0 Å². The number of hydrogen-bond acceptors (Lipinski definition) is 6. The maximum absolute atomic E-state index is 14.0. The van der Waals surface area contributed by atoms with E-state index in [4.69, 9.17) is 14.2 Å². The van der Waals surface area contributed by atoms with E-state index in [0.717, 1.165) is 56.3 Å². The molecule has 0 aliphatic carbocycles. The second kappa shape index (κ2) is 11.0. The van der Waals surface area contributed by atoms with Crippen molar-refractivity contribution in [2.24, 2.45) is 0 Å². The highest BCUT2D eigenvalue weighted by Gasteiger charge is 2.27. The molecule has 4 rings (SSSR count). The first-order valence-electron chi connectivity index (χ1n) is 11.4. The Morgan fingerprint density at radius 3 is 2.36 bits per heavy atom. The van der Waals surface area contributed by atoms with Crippen LogP contribution >= 0.6 is 0 Å². The first-order valence-corrected chi connectivity index (χ1v) is 11.4. The summed E-state index contributed by atoms with van der Waals surface area (Å²) >= 11 is 0. The van der Waals surface area contributed by atoms with Gasteiger partial charge < -0.3 is 19.1 Å². The van der Waals surface area contributed by atoms with E-state index in [1.807, 2.05) is 18.2 Å². The minimum atomic E-state index is -0.464. The van der Waals surface area contributed by atoms with Gasteiger partial charge in [-0.25, -0.2) is 4.39 Å². The summed E-state index contributed by atoms with van der Waals surface area (Å²) in [6.45, 7) is 6.73. The second-order valence-corrected chi connectivity index (χ2v) is 8.52. The lowest BCUT2D eigenvalue weighted by Crippen LogP contribution is -2.53. The van der Waals surface area contributed by atoms with Gasteiger partial charge in [-0.2, -0.15) is 0 Å². The van der Waals surface area contributed by atoms with E-state index in [0.29, 0.717) is 19.7 Å². The van der Waals surface area contributed by atoms with Gasteiger partial charge in [-0.3, -0.25) is 14.6 Å². The van der Waals surface area contributed by atoms with Crippen molar-refractivity contribution in [3.8, 4) is 11.5 Å². The molecule has 0 spiro atoms. The zero-order valence-electron chi connectivity index (χ0n) is 19.3. The minimum Gasteiger partial charge on any atom is -0.497 e. The highest BCUT2D eigenvalue weighted by Crippen LogP contribution is 2.24. The van der Waals surface area contributed by atoms with Gasteiger partial charge >= 0.3 is 0 Å². The minimum absolute atomic E-state index is 0.111. The van der Waals surface area contributed by atoms with E-state index >= 15 is 0 Å². The summed E-state index contributed by atoms with van der Waals surface area (Å²) < 4.78 is 30.8. The van der Waals surface area contributed by atoms with Crippen molar-refractivity contribution in [1.29, 1.82) is 0 Å². The molecule has 2 heterocycles. The van der Waals surface area contributed by atoms with Crippen LogP contribution in [0.5, 0.6) is 11.5 Å². The quantitative estimate of drug-likeness (QED) is 0.637. The number of methoxy groups -OCH3 is 2. The molecule has 1 amide bonds. The first-order chi connectivity index (χ1) is 16.1. The molecule has 1 atom stereocenters. The predicted octanol–water partition coefficient (Wildman–Crippen LogP) is 2.50. The van der Waals surface area contributed by atoms with Crippen LogP contribution in [0.2, 0.25) is 0 Å². The van der Waals surface area contributed by atoms with Crippen LogP contribution in [0, 0.1) is 5.82 Å². The fourth-order valence-electron chi connectivity index (χ4n) is 4.48. The average molecular weight is 458 g/mol. The monoisotopic (exact) mass is 457 g/mol. The van der Waals surface area contributed by atoms with Gasteiger partial charge in [-0.05, 0) is 29.8 Å². The molecule has 0 N–H and O–H groups in total. The number of morpholine rings is 1. The number of rotatable bonds is 7. The largest absolute Gasteiger partial charge is 0.497 e. The highest BCUT2D eigenvalue weighted by atomic mass is 19.1. The van der Waals surface area contributed by atoms with Crippen molar-refractivity contribution in [3.05, 3.63) is 59.4 Å². The average Bonchev–Trinajstić information content (AvgIpc) is 2.84. The summed E-state index contributed by atoms with van der Waals surface area (Å²) in [5, 5.41) is 0. The van der Waals surface area contributed by atoms with Crippen LogP contribution in [0.4, 0.5) is 4.39 Å². The lowest BCUT2D eigenvalue weighted by atomic mass is 10.1. The summed E-state index contributed by atoms with van der Waals surface area (Å²) in [4.78, 5) is 19.1. The molecular weight excluding hydrogens is 425 g/mol. The lowest BCUT2D eigenvalue weighted by Gasteiger charge is -2.39. The zero-order valence-corrected chi connectivity index (χ0v) is 19.3. The number of halogens is 1. The van der Waals surface area contributed by atoms with Crippen molar-refractivity contribution in [2.45, 2.75) is 12.6 Å². The van der Waals surface area contributed by atoms with E-state index in [-0.39, 0.29) is 17.6 Å². The van der Waals surface area contributed by atoms with Crippen molar-refractivity contribution < 1.29 is 23.4 Å². The van der Waals surface area contributed by atoms with E-state index in [1.165, 1.54) is 6.07 Å². The van der Waals surface area contributed by atoms with Crippen LogP contribution < -0.4 is 9.47 Å². The molecule has 2 aromatic rings. The molecule has 2 aliphatic rings. The van der Waals surface area contributed by atoms with Crippen LogP contribution in [0.1, 0.15) is 15.9 Å². The van der Waals surface area contributed by atoms with Crippen molar-refractivity contribution >= 4 is 5.91 Å². The van der Waals surface area contributed by atoms with Crippen molar-refractivity contribution in [1.82, 2.24) is 14.7 Å². The lowest BCUT2D eigenvalue weighted by molar-refractivity contribution is -0.0497. The molecular formula is C25H32FN3O4. The molecule has 2 fully saturated rings. The zero-order chi connectivity index (χ0) is 23.2. The molecule has 2 saturated heterocycles. The van der Waals surface area contributed by atoms with Gasteiger partial charge in [0.05, 0.1) is 32.5 Å². The van der Waals surface area contributed by atoms with E-state index in [2.05, 4.69) is 9.80 Å². The van der Waals surface area contributed by atoms with Crippen LogP contribution in [0.15, 0.2) is 42.5 Å². The van der Waals surface area contributed by atoms with E-state index < -0.39 is 5.82 Å². The molecule has 33 heavy (non-hydrogen) atoms. The number of nitrogens with zero attached hydrogens (tertiary/aromatic N) is 3. The predicted molar refractivity (Wildman–Crippen MR) is 123 cm³/mol. The van der Waals surface area contributed by atoms with Gasteiger partial charge in [0.1, 0.15) is 17.3 Å². The van der Waals surface area contributed by atoms with E-state index in [9.17, 15) is 9.18 Å². The first kappa shape index (κ1) is 23.5. The summed E-state index contributed by atoms with van der Waals surface area (Å²) in [6.07, 6.45) is 0.111. The molecule has 1 unspecified atom stereocenters. The number of amides is 1. The normalized spacial score (nSPS) is 20.0. The van der Waals surface area contributed by atoms with Gasteiger partial charge in [-0.15, -0.1) is 0 Å². The third-order valence-electron chi connectivity index (χ3n) is 6.27. The Morgan fingerprint density at radius 1 is 1.00 bits per heavy atom. The second-order valence-electron chi connectivity index (χ2n) is 8.52. The van der Waals surface area contributed by atoms with E-state index in [1.54, 1.807) is 37.3 Å². The Morgan fingerprint density at radius 2 is 1.70 bits per heavy atom. The Balaban J connectivity index is 1.27. The van der Waals surface area contributed by atoms with Crippen LogP contribution in [-0.2, 0) is 11.3 Å². The molecule has 2 aliphatic heterocycles. The Bertz CT molecular complexity index is 927. The van der Waals surface area contributed by atoms with Crippen molar-refractivity contribution in [2.75, 3.05) is 66.6 Å². The molecule has 2 aromatic carbocycles. The molecule has 0 bridgehead atoms. The maximum atomic E-state index is 14.0. The molecule has 0 aromatic heterocycles. The molecule has 7 nitrogen and oxygen atoms in total. The topological polar surface area (TPSA) is 54.5 Å². The maximum Gasteiger partial charge on any atom is 0.256 e. The van der Waals surface area contributed by atoms with Crippen LogP contribution in [-0.4, -0.2) is 93.4 Å².